The molecule has 0 amide bonds. The first kappa shape index (κ1) is 12.6. The minimum atomic E-state index is -4.31. The maximum Gasteiger partial charge on any atom is 0.416 e. The molecule has 0 bridgehead atoms. The van der Waals surface area contributed by atoms with Gasteiger partial charge in [-0.15, -0.1) is 5.73 Å². The van der Waals surface area contributed by atoms with Crippen LogP contribution in [0.4, 0.5) is 13.2 Å². The van der Waals surface area contributed by atoms with E-state index in [1.165, 1.54) is 18.2 Å². The first-order valence-corrected chi connectivity index (χ1v) is 4.64. The highest BCUT2D eigenvalue weighted by molar-refractivity contribution is 5.49. The summed E-state index contributed by atoms with van der Waals surface area (Å²) in [5, 5.41) is 8.70. The zero-order valence-corrected chi connectivity index (χ0v) is 8.67. The lowest BCUT2D eigenvalue weighted by Gasteiger charge is -2.05. The Kier molecular flexibility index (Phi) is 3.93. The average Bonchev–Trinajstić information content (AvgIpc) is 2.25. The maximum atomic E-state index is 12.2. The summed E-state index contributed by atoms with van der Waals surface area (Å²) >= 11 is 0. The Morgan fingerprint density at radius 3 is 2.31 bits per heavy atom. The molecule has 0 fully saturated rings. The Morgan fingerprint density at radius 2 is 1.88 bits per heavy atom. The second-order valence-corrected chi connectivity index (χ2v) is 3.35. The lowest BCUT2D eigenvalue weighted by atomic mass is 10.1. The number of rotatable bonds is 2. The summed E-state index contributed by atoms with van der Waals surface area (Å²) in [4.78, 5) is 0. The van der Waals surface area contributed by atoms with Gasteiger partial charge < -0.3 is 5.11 Å². The quantitative estimate of drug-likeness (QED) is 0.770. The number of benzene rings is 1. The molecule has 0 aromatic heterocycles. The van der Waals surface area contributed by atoms with Crippen LogP contribution in [-0.2, 0) is 6.18 Å². The highest BCUT2D eigenvalue weighted by Gasteiger charge is 2.29. The predicted octanol–water partition coefficient (Wildman–Crippen LogP) is 3.26. The van der Waals surface area contributed by atoms with E-state index in [0.717, 1.165) is 12.1 Å². The third-order valence-corrected chi connectivity index (χ3v) is 1.96. The molecule has 1 aromatic rings. The third kappa shape index (κ3) is 3.57. The first-order chi connectivity index (χ1) is 7.43. The van der Waals surface area contributed by atoms with E-state index in [1.54, 1.807) is 6.92 Å². The van der Waals surface area contributed by atoms with E-state index in [4.69, 9.17) is 5.11 Å². The van der Waals surface area contributed by atoms with Crippen molar-refractivity contribution in [3.63, 3.8) is 0 Å². The molecule has 0 heterocycles. The summed E-state index contributed by atoms with van der Waals surface area (Å²) in [6.07, 6.45) is -2.77. The SMILES string of the molecule is CC(=C=Cc1ccc(C(F)(F)F)cc1)CO. The molecule has 4 heteroatoms. The summed E-state index contributed by atoms with van der Waals surface area (Å²) in [6.45, 7) is 1.57. The van der Waals surface area contributed by atoms with Crippen LogP contribution in [-0.4, -0.2) is 11.7 Å². The molecular weight excluding hydrogens is 217 g/mol. The number of aliphatic hydroxyl groups excluding tert-OH is 1. The second kappa shape index (κ2) is 5.01. The molecule has 0 spiro atoms. The highest BCUT2D eigenvalue weighted by Crippen LogP contribution is 2.29. The molecule has 1 aromatic carbocycles. The molecule has 0 saturated carbocycles. The standard InChI is InChI=1S/C12H11F3O/c1-9(8-16)2-3-10-4-6-11(7-5-10)12(13,14)15/h3-7,16H,8H2,1H3. The van der Waals surface area contributed by atoms with Crippen LogP contribution in [0, 0.1) is 0 Å². The van der Waals surface area contributed by atoms with Crippen molar-refractivity contribution in [1.29, 1.82) is 0 Å². The van der Waals surface area contributed by atoms with Crippen LogP contribution in [0.2, 0.25) is 0 Å². The molecule has 0 aliphatic rings. The van der Waals surface area contributed by atoms with Gasteiger partial charge in [-0.25, -0.2) is 0 Å². The number of halogens is 3. The van der Waals surface area contributed by atoms with Gasteiger partial charge in [-0.2, -0.15) is 13.2 Å². The lowest BCUT2D eigenvalue weighted by molar-refractivity contribution is -0.137. The molecule has 1 N–H and O–H groups in total. The Hall–Kier alpha value is -1.51. The van der Waals surface area contributed by atoms with Gasteiger partial charge in [-0.1, -0.05) is 12.1 Å². The number of hydrogen-bond donors (Lipinski definition) is 1. The van der Waals surface area contributed by atoms with Gasteiger partial charge in [-0.05, 0) is 36.3 Å². The molecule has 0 radical (unpaired) electrons. The predicted molar refractivity (Wildman–Crippen MR) is 55.7 cm³/mol. The number of alkyl halides is 3. The normalized spacial score (nSPS) is 10.8. The van der Waals surface area contributed by atoms with Crippen LogP contribution >= 0.6 is 0 Å². The van der Waals surface area contributed by atoms with Crippen LogP contribution in [0.3, 0.4) is 0 Å². The van der Waals surface area contributed by atoms with Crippen molar-refractivity contribution < 1.29 is 18.3 Å². The minimum absolute atomic E-state index is 0.114. The average molecular weight is 228 g/mol. The molecule has 86 valence electrons. The van der Waals surface area contributed by atoms with Gasteiger partial charge in [0.1, 0.15) is 0 Å². The van der Waals surface area contributed by atoms with Crippen molar-refractivity contribution in [3.05, 3.63) is 46.7 Å². The largest absolute Gasteiger partial charge is 0.416 e. The molecule has 0 saturated heterocycles. The zero-order valence-electron chi connectivity index (χ0n) is 8.67. The topological polar surface area (TPSA) is 20.2 Å². The summed E-state index contributed by atoms with van der Waals surface area (Å²) in [6, 6.07) is 4.75. The number of aliphatic hydroxyl groups is 1. The van der Waals surface area contributed by atoms with Gasteiger partial charge in [0.2, 0.25) is 0 Å². The third-order valence-electron chi connectivity index (χ3n) is 1.96. The van der Waals surface area contributed by atoms with Crippen LogP contribution < -0.4 is 0 Å². The van der Waals surface area contributed by atoms with E-state index in [1.807, 2.05) is 0 Å². The molecule has 0 aliphatic carbocycles. The van der Waals surface area contributed by atoms with Crippen molar-refractivity contribution in [3.8, 4) is 0 Å². The summed E-state index contributed by atoms with van der Waals surface area (Å²) in [5.74, 6) is 0. The molecule has 16 heavy (non-hydrogen) atoms. The number of hydrogen-bond acceptors (Lipinski definition) is 1. The van der Waals surface area contributed by atoms with Gasteiger partial charge in [0.05, 0.1) is 12.2 Å². The van der Waals surface area contributed by atoms with Crippen molar-refractivity contribution >= 4 is 6.08 Å². The first-order valence-electron chi connectivity index (χ1n) is 4.64. The van der Waals surface area contributed by atoms with Gasteiger partial charge in [0.15, 0.2) is 0 Å². The maximum absolute atomic E-state index is 12.2. The van der Waals surface area contributed by atoms with Crippen LogP contribution in [0.5, 0.6) is 0 Å². The summed E-state index contributed by atoms with van der Waals surface area (Å²) in [5.41, 5.74) is 3.33. The molecule has 0 unspecified atom stereocenters. The summed E-state index contributed by atoms with van der Waals surface area (Å²) < 4.78 is 36.7. The Morgan fingerprint density at radius 1 is 1.31 bits per heavy atom. The monoisotopic (exact) mass is 228 g/mol. The Labute approximate surface area is 91.5 Å². The fourth-order valence-corrected chi connectivity index (χ4v) is 1.02. The van der Waals surface area contributed by atoms with Crippen LogP contribution in [0.15, 0.2) is 35.6 Å². The second-order valence-electron chi connectivity index (χ2n) is 3.35. The van der Waals surface area contributed by atoms with Crippen molar-refractivity contribution in [1.82, 2.24) is 0 Å². The van der Waals surface area contributed by atoms with Gasteiger partial charge in [0, 0.05) is 0 Å². The van der Waals surface area contributed by atoms with E-state index < -0.39 is 11.7 Å². The summed E-state index contributed by atoms with van der Waals surface area (Å²) in [7, 11) is 0. The molecule has 1 rings (SSSR count). The minimum Gasteiger partial charge on any atom is -0.391 e. The van der Waals surface area contributed by atoms with Gasteiger partial charge in [0.25, 0.3) is 0 Å². The van der Waals surface area contributed by atoms with Crippen molar-refractivity contribution in [2.45, 2.75) is 13.1 Å². The van der Waals surface area contributed by atoms with Gasteiger partial charge >= 0.3 is 6.18 Å². The lowest BCUT2D eigenvalue weighted by Crippen LogP contribution is -2.03. The van der Waals surface area contributed by atoms with Crippen LogP contribution in [0.25, 0.3) is 6.08 Å². The van der Waals surface area contributed by atoms with E-state index in [0.29, 0.717) is 11.1 Å². The molecule has 0 atom stereocenters. The van der Waals surface area contributed by atoms with Gasteiger partial charge in [-0.3, -0.25) is 0 Å². The molecule has 1 nitrogen and oxygen atoms in total. The van der Waals surface area contributed by atoms with E-state index in [-0.39, 0.29) is 6.61 Å². The van der Waals surface area contributed by atoms with E-state index >= 15 is 0 Å². The van der Waals surface area contributed by atoms with Crippen molar-refractivity contribution in [2.24, 2.45) is 0 Å². The Bertz CT molecular complexity index is 409. The highest BCUT2D eigenvalue weighted by atomic mass is 19.4. The smallest absolute Gasteiger partial charge is 0.391 e. The zero-order chi connectivity index (χ0) is 12.2. The molecule has 0 aliphatic heterocycles. The van der Waals surface area contributed by atoms with E-state index in [9.17, 15) is 13.2 Å². The van der Waals surface area contributed by atoms with E-state index in [2.05, 4.69) is 5.73 Å². The van der Waals surface area contributed by atoms with Crippen molar-refractivity contribution in [2.75, 3.05) is 6.61 Å². The molecular formula is C12H11F3O. The fourth-order valence-electron chi connectivity index (χ4n) is 1.02. The van der Waals surface area contributed by atoms with Crippen LogP contribution in [0.1, 0.15) is 18.1 Å². The fraction of sp³-hybridized carbons (Fsp3) is 0.250. The Balaban J connectivity index is 2.93.